The van der Waals surface area contributed by atoms with E-state index in [2.05, 4.69) is 25.3 Å². The average molecular weight is 541 g/mol. The lowest BCUT2D eigenvalue weighted by molar-refractivity contribution is -0.137. The van der Waals surface area contributed by atoms with Crippen molar-refractivity contribution in [2.45, 2.75) is 25.9 Å². The number of nitriles is 1. The highest BCUT2D eigenvalue weighted by atomic mass is 35.5. The van der Waals surface area contributed by atoms with E-state index in [1.165, 1.54) is 18.3 Å². The van der Waals surface area contributed by atoms with Gasteiger partial charge in [0, 0.05) is 37.1 Å². The van der Waals surface area contributed by atoms with Crippen molar-refractivity contribution >= 4 is 17.5 Å². The van der Waals surface area contributed by atoms with Crippen LogP contribution in [0.25, 0.3) is 0 Å². The van der Waals surface area contributed by atoms with E-state index in [9.17, 15) is 23.2 Å². The molecule has 0 fully saturated rings. The van der Waals surface area contributed by atoms with Gasteiger partial charge in [0.05, 0.1) is 16.1 Å². The molecular weight excluding hydrogens is 521 g/mol. The lowest BCUT2D eigenvalue weighted by Gasteiger charge is -2.13. The Balaban J connectivity index is 1.38. The molecule has 0 unspecified atom stereocenters. The number of hydrogen-bond donors (Lipinski definition) is 2. The van der Waals surface area contributed by atoms with Gasteiger partial charge in [-0.2, -0.15) is 18.4 Å². The number of aromatic nitrogens is 4. The fourth-order valence-electron chi connectivity index (χ4n) is 3.51. The maximum Gasteiger partial charge on any atom is 0.417 e. The van der Waals surface area contributed by atoms with Gasteiger partial charge >= 0.3 is 6.18 Å². The highest BCUT2D eigenvalue weighted by Crippen LogP contribution is 2.38. The molecular formula is C26H20ClF3N6O2. The summed E-state index contributed by atoms with van der Waals surface area (Å²) >= 11 is 5.65. The summed E-state index contributed by atoms with van der Waals surface area (Å²) in [5, 5.41) is 12.1. The van der Waals surface area contributed by atoms with Crippen LogP contribution in [0.4, 0.5) is 19.1 Å². The van der Waals surface area contributed by atoms with Gasteiger partial charge in [-0.05, 0) is 54.8 Å². The number of rotatable bonds is 8. The van der Waals surface area contributed by atoms with Crippen LogP contribution in [0.3, 0.4) is 0 Å². The minimum Gasteiger partial charge on any atom is -0.456 e. The van der Waals surface area contributed by atoms with E-state index in [1.54, 1.807) is 31.5 Å². The van der Waals surface area contributed by atoms with Gasteiger partial charge in [0.1, 0.15) is 23.4 Å². The topological polar surface area (TPSA) is 117 Å². The lowest BCUT2D eigenvalue weighted by atomic mass is 10.1. The molecule has 38 heavy (non-hydrogen) atoms. The Labute approximate surface area is 220 Å². The first-order valence-corrected chi connectivity index (χ1v) is 11.7. The van der Waals surface area contributed by atoms with Crippen molar-refractivity contribution in [3.8, 4) is 17.6 Å². The largest absolute Gasteiger partial charge is 0.456 e. The van der Waals surface area contributed by atoms with Crippen molar-refractivity contribution in [1.29, 1.82) is 5.26 Å². The Kier molecular flexibility index (Phi) is 7.93. The predicted octanol–water partition coefficient (Wildman–Crippen LogP) is 5.45. The van der Waals surface area contributed by atoms with Gasteiger partial charge < -0.3 is 10.1 Å². The van der Waals surface area contributed by atoms with E-state index in [-0.39, 0.29) is 22.6 Å². The van der Waals surface area contributed by atoms with Crippen molar-refractivity contribution in [3.63, 3.8) is 0 Å². The van der Waals surface area contributed by atoms with Crippen molar-refractivity contribution < 1.29 is 17.9 Å². The van der Waals surface area contributed by atoms with Crippen LogP contribution < -0.4 is 15.6 Å². The van der Waals surface area contributed by atoms with Crippen LogP contribution in [0, 0.1) is 18.3 Å². The molecule has 194 valence electrons. The van der Waals surface area contributed by atoms with Crippen LogP contribution in [0.15, 0.2) is 59.8 Å². The smallest absolute Gasteiger partial charge is 0.417 e. The SMILES string of the molecule is Cc1ncc(Cc2cnc(NCCc3ccc(Oc4ccc(Cl)c(C(F)(F)F)c4)c(C#N)c3)[nH]c2=O)cn1. The molecule has 0 aliphatic rings. The normalized spacial score (nSPS) is 11.2. The number of aromatic amines is 1. The molecule has 4 aromatic rings. The number of halogens is 4. The molecule has 2 aromatic heterocycles. The fourth-order valence-corrected chi connectivity index (χ4v) is 3.74. The highest BCUT2D eigenvalue weighted by Gasteiger charge is 2.33. The first-order chi connectivity index (χ1) is 18.1. The summed E-state index contributed by atoms with van der Waals surface area (Å²) < 4.78 is 44.9. The first kappa shape index (κ1) is 26.6. The Bertz CT molecular complexity index is 1550. The van der Waals surface area contributed by atoms with E-state index in [0.29, 0.717) is 36.7 Å². The number of H-pyrrole nitrogens is 1. The van der Waals surface area contributed by atoms with Crippen LogP contribution >= 0.6 is 11.6 Å². The Morgan fingerprint density at radius 2 is 1.84 bits per heavy atom. The van der Waals surface area contributed by atoms with Crippen LogP contribution in [0.2, 0.25) is 5.02 Å². The molecule has 0 saturated heterocycles. The fraction of sp³-hybridized carbons (Fsp3) is 0.192. The summed E-state index contributed by atoms with van der Waals surface area (Å²) in [4.78, 5) is 27.6. The molecule has 4 rings (SSSR count). The molecule has 0 amide bonds. The van der Waals surface area contributed by atoms with Gasteiger partial charge in [0.25, 0.3) is 5.56 Å². The van der Waals surface area contributed by atoms with Crippen LogP contribution in [0.5, 0.6) is 11.5 Å². The van der Waals surface area contributed by atoms with E-state index in [0.717, 1.165) is 23.3 Å². The second-order valence-electron chi connectivity index (χ2n) is 8.26. The number of benzene rings is 2. The maximum atomic E-state index is 13.1. The van der Waals surface area contributed by atoms with E-state index < -0.39 is 16.8 Å². The van der Waals surface area contributed by atoms with Gasteiger partial charge in [-0.1, -0.05) is 17.7 Å². The van der Waals surface area contributed by atoms with Crippen LogP contribution in [-0.4, -0.2) is 26.5 Å². The Hall–Kier alpha value is -4.43. The maximum absolute atomic E-state index is 13.1. The van der Waals surface area contributed by atoms with Crippen molar-refractivity contribution in [1.82, 2.24) is 19.9 Å². The summed E-state index contributed by atoms with van der Waals surface area (Å²) in [5.74, 6) is 0.953. The molecule has 0 atom stereocenters. The van der Waals surface area contributed by atoms with Crippen LogP contribution in [0.1, 0.15) is 33.6 Å². The zero-order chi connectivity index (χ0) is 27.3. The summed E-state index contributed by atoms with van der Waals surface area (Å²) in [6.07, 6.45) is 0.995. The Morgan fingerprint density at radius 1 is 1.08 bits per heavy atom. The van der Waals surface area contributed by atoms with Crippen molar-refractivity contribution in [3.05, 3.63) is 104 Å². The number of nitrogens with zero attached hydrogens (tertiary/aromatic N) is 4. The molecule has 0 saturated carbocycles. The number of nitrogens with one attached hydrogen (secondary N) is 2. The highest BCUT2D eigenvalue weighted by molar-refractivity contribution is 6.31. The minimum atomic E-state index is -4.64. The number of aryl methyl sites for hydroxylation is 1. The van der Waals surface area contributed by atoms with E-state index in [1.807, 2.05) is 6.07 Å². The third-order valence-electron chi connectivity index (χ3n) is 5.44. The van der Waals surface area contributed by atoms with E-state index >= 15 is 0 Å². The predicted molar refractivity (Wildman–Crippen MR) is 134 cm³/mol. The van der Waals surface area contributed by atoms with Crippen molar-refractivity contribution in [2.75, 3.05) is 11.9 Å². The number of anilines is 1. The molecule has 2 N–H and O–H groups in total. The Morgan fingerprint density at radius 3 is 2.53 bits per heavy atom. The molecule has 0 radical (unpaired) electrons. The molecule has 2 heterocycles. The summed E-state index contributed by atoms with van der Waals surface area (Å²) in [5.41, 5.74) is 0.879. The average Bonchev–Trinajstić information content (AvgIpc) is 2.88. The minimum absolute atomic E-state index is 0.0963. The molecule has 8 nitrogen and oxygen atoms in total. The zero-order valence-electron chi connectivity index (χ0n) is 19.9. The van der Waals surface area contributed by atoms with Gasteiger partial charge in [-0.15, -0.1) is 0 Å². The molecule has 0 aliphatic heterocycles. The lowest BCUT2D eigenvalue weighted by Crippen LogP contribution is -2.18. The zero-order valence-corrected chi connectivity index (χ0v) is 20.7. The third kappa shape index (κ3) is 6.66. The van der Waals surface area contributed by atoms with E-state index in [4.69, 9.17) is 16.3 Å². The molecule has 0 spiro atoms. The van der Waals surface area contributed by atoms with Crippen LogP contribution in [-0.2, 0) is 19.0 Å². The quantitative estimate of drug-likeness (QED) is 0.305. The molecule has 12 heteroatoms. The number of ether oxygens (including phenoxy) is 1. The standard InChI is InChI=1S/C26H20ClF3N6O2/c1-15-33-12-17(13-34-15)9-19-14-35-25(36-24(19)37)32-7-6-16-2-5-23(18(8-16)11-31)38-20-3-4-22(27)21(10-20)26(28,29)30/h2-5,8,10,12-14H,6-7,9H2,1H3,(H2,32,35,36,37). The number of hydrogen-bond acceptors (Lipinski definition) is 7. The monoisotopic (exact) mass is 540 g/mol. The van der Waals surface area contributed by atoms with Gasteiger partial charge in [0.15, 0.2) is 0 Å². The first-order valence-electron chi connectivity index (χ1n) is 11.3. The number of alkyl halides is 3. The molecule has 0 bridgehead atoms. The van der Waals surface area contributed by atoms with Gasteiger partial charge in [-0.25, -0.2) is 15.0 Å². The van der Waals surface area contributed by atoms with Crippen molar-refractivity contribution in [2.24, 2.45) is 0 Å². The molecule has 2 aromatic carbocycles. The second-order valence-corrected chi connectivity index (χ2v) is 8.67. The molecule has 0 aliphatic carbocycles. The summed E-state index contributed by atoms with van der Waals surface area (Å²) in [6.45, 7) is 2.17. The van der Waals surface area contributed by atoms with Gasteiger partial charge in [-0.3, -0.25) is 9.78 Å². The van der Waals surface area contributed by atoms with Gasteiger partial charge in [0.2, 0.25) is 5.95 Å². The second kappa shape index (κ2) is 11.3. The third-order valence-corrected chi connectivity index (χ3v) is 5.77. The summed E-state index contributed by atoms with van der Waals surface area (Å²) in [7, 11) is 0. The summed E-state index contributed by atoms with van der Waals surface area (Å²) in [6, 6.07) is 9.96.